The first-order chi connectivity index (χ1) is 5.09. The van der Waals surface area contributed by atoms with E-state index in [0.717, 1.165) is 0 Å². The molecule has 0 aromatic rings. The van der Waals surface area contributed by atoms with Crippen LogP contribution in [0.1, 0.15) is 20.8 Å². The van der Waals surface area contributed by atoms with Gasteiger partial charge in [0, 0.05) is 5.33 Å². The molecule has 1 atom stereocenters. The molecular weight excluding hydrogens is 208 g/mol. The van der Waals surface area contributed by atoms with Crippen molar-refractivity contribution in [3.8, 4) is 0 Å². The van der Waals surface area contributed by atoms with Crippen LogP contribution in [0.25, 0.3) is 0 Å². The van der Waals surface area contributed by atoms with E-state index in [1.54, 1.807) is 0 Å². The second kappa shape index (κ2) is 5.58. The predicted octanol–water partition coefficient (Wildman–Crippen LogP) is 2.22. The summed E-state index contributed by atoms with van der Waals surface area (Å²) in [4.78, 5) is 11.1. The van der Waals surface area contributed by atoms with Crippen molar-refractivity contribution < 1.29 is 9.53 Å². The molecule has 0 radical (unpaired) electrons. The van der Waals surface area contributed by atoms with E-state index in [1.165, 1.54) is 0 Å². The summed E-state index contributed by atoms with van der Waals surface area (Å²) < 4.78 is 4.93. The number of esters is 1. The molecule has 0 aromatic heterocycles. The van der Waals surface area contributed by atoms with Gasteiger partial charge >= 0.3 is 5.97 Å². The van der Waals surface area contributed by atoms with E-state index in [4.69, 9.17) is 4.74 Å². The highest BCUT2D eigenvalue weighted by molar-refractivity contribution is 9.09. The molecule has 0 saturated carbocycles. The van der Waals surface area contributed by atoms with Gasteiger partial charge in [-0.05, 0) is 5.92 Å². The van der Waals surface area contributed by atoms with E-state index in [-0.39, 0.29) is 11.9 Å². The van der Waals surface area contributed by atoms with Crippen molar-refractivity contribution in [2.75, 3.05) is 11.9 Å². The normalized spacial score (nSPS) is 13.2. The zero-order valence-electron chi connectivity index (χ0n) is 7.26. The molecular formula is C8H15BrO2. The Morgan fingerprint density at radius 3 is 2.36 bits per heavy atom. The standard InChI is InChI=1S/C8H15BrO2/c1-6(2)7(3)8(10)11-5-4-9/h6-7H,4-5H2,1-3H3. The number of hydrogen-bond acceptors (Lipinski definition) is 2. The Hall–Kier alpha value is -0.0500. The number of hydrogen-bond donors (Lipinski definition) is 0. The van der Waals surface area contributed by atoms with Gasteiger partial charge in [-0.15, -0.1) is 0 Å². The third-order valence-electron chi connectivity index (χ3n) is 1.69. The van der Waals surface area contributed by atoms with Crippen LogP contribution in [0, 0.1) is 11.8 Å². The fourth-order valence-electron chi connectivity index (χ4n) is 0.543. The highest BCUT2D eigenvalue weighted by Crippen LogP contribution is 2.11. The molecule has 0 rings (SSSR count). The molecule has 0 saturated heterocycles. The molecule has 2 nitrogen and oxygen atoms in total. The lowest BCUT2D eigenvalue weighted by molar-refractivity contribution is -0.148. The summed E-state index contributed by atoms with van der Waals surface area (Å²) in [5, 5.41) is 0.712. The van der Waals surface area contributed by atoms with Crippen molar-refractivity contribution in [3.05, 3.63) is 0 Å². The largest absolute Gasteiger partial charge is 0.465 e. The lowest BCUT2D eigenvalue weighted by Crippen LogP contribution is -2.20. The van der Waals surface area contributed by atoms with Crippen molar-refractivity contribution in [1.29, 1.82) is 0 Å². The van der Waals surface area contributed by atoms with Crippen LogP contribution in [0.4, 0.5) is 0 Å². The maximum Gasteiger partial charge on any atom is 0.308 e. The van der Waals surface area contributed by atoms with Crippen molar-refractivity contribution >= 4 is 21.9 Å². The zero-order chi connectivity index (χ0) is 8.85. The molecule has 3 heteroatoms. The fraction of sp³-hybridized carbons (Fsp3) is 0.875. The number of carbonyl (C=O) groups is 1. The number of halogens is 1. The number of carbonyl (C=O) groups excluding carboxylic acids is 1. The molecule has 0 amide bonds. The summed E-state index contributed by atoms with van der Waals surface area (Å²) in [5.74, 6) is 0.270. The Morgan fingerprint density at radius 2 is 2.00 bits per heavy atom. The van der Waals surface area contributed by atoms with Gasteiger partial charge in [0.05, 0.1) is 5.92 Å². The second-order valence-corrected chi connectivity index (χ2v) is 3.68. The Bertz CT molecular complexity index is 123. The van der Waals surface area contributed by atoms with Gasteiger partial charge in [-0.3, -0.25) is 4.79 Å². The first-order valence-corrected chi connectivity index (χ1v) is 4.94. The molecule has 0 aromatic carbocycles. The highest BCUT2D eigenvalue weighted by atomic mass is 79.9. The molecule has 0 heterocycles. The summed E-state index contributed by atoms with van der Waals surface area (Å²) in [7, 11) is 0. The van der Waals surface area contributed by atoms with E-state index >= 15 is 0 Å². The zero-order valence-corrected chi connectivity index (χ0v) is 8.85. The fourth-order valence-corrected chi connectivity index (χ4v) is 0.705. The second-order valence-electron chi connectivity index (χ2n) is 2.89. The maximum absolute atomic E-state index is 11.1. The molecule has 0 aliphatic carbocycles. The number of ether oxygens (including phenoxy) is 1. The molecule has 0 aliphatic heterocycles. The van der Waals surface area contributed by atoms with Crippen LogP contribution in [-0.2, 0) is 9.53 Å². The summed E-state index contributed by atoms with van der Waals surface area (Å²) in [6, 6.07) is 0. The van der Waals surface area contributed by atoms with E-state index < -0.39 is 0 Å². The van der Waals surface area contributed by atoms with Crippen molar-refractivity contribution in [2.24, 2.45) is 11.8 Å². The maximum atomic E-state index is 11.1. The van der Waals surface area contributed by atoms with Gasteiger partial charge in [0.15, 0.2) is 0 Å². The molecule has 0 aliphatic rings. The Morgan fingerprint density at radius 1 is 1.45 bits per heavy atom. The van der Waals surface area contributed by atoms with Crippen molar-refractivity contribution in [1.82, 2.24) is 0 Å². The number of alkyl halides is 1. The quantitative estimate of drug-likeness (QED) is 0.539. The first kappa shape index (κ1) is 11.0. The summed E-state index contributed by atoms with van der Waals surface area (Å²) in [5.41, 5.74) is 0. The van der Waals surface area contributed by atoms with Crippen LogP contribution in [0.2, 0.25) is 0 Å². The molecule has 0 fully saturated rings. The smallest absolute Gasteiger partial charge is 0.308 e. The number of rotatable bonds is 4. The van der Waals surface area contributed by atoms with Gasteiger partial charge in [-0.2, -0.15) is 0 Å². The van der Waals surface area contributed by atoms with E-state index in [1.807, 2.05) is 20.8 Å². The third-order valence-corrected chi connectivity index (χ3v) is 2.02. The van der Waals surface area contributed by atoms with Crippen LogP contribution in [0.5, 0.6) is 0 Å². The lowest BCUT2D eigenvalue weighted by Gasteiger charge is -2.13. The predicted molar refractivity (Wildman–Crippen MR) is 48.8 cm³/mol. The van der Waals surface area contributed by atoms with Gasteiger partial charge in [-0.1, -0.05) is 36.7 Å². The van der Waals surface area contributed by atoms with Gasteiger partial charge < -0.3 is 4.74 Å². The van der Waals surface area contributed by atoms with Crippen LogP contribution in [-0.4, -0.2) is 17.9 Å². The van der Waals surface area contributed by atoms with Crippen LogP contribution in [0.15, 0.2) is 0 Å². The third kappa shape index (κ3) is 4.40. The molecule has 0 N–H and O–H groups in total. The van der Waals surface area contributed by atoms with Gasteiger partial charge in [0.2, 0.25) is 0 Å². The van der Waals surface area contributed by atoms with E-state index in [0.29, 0.717) is 17.9 Å². The minimum atomic E-state index is -0.0977. The SMILES string of the molecule is CC(C)C(C)C(=O)OCCBr. The lowest BCUT2D eigenvalue weighted by atomic mass is 9.99. The summed E-state index contributed by atoms with van der Waals surface area (Å²) in [6.07, 6.45) is 0. The summed E-state index contributed by atoms with van der Waals surface area (Å²) >= 11 is 3.19. The minimum absolute atomic E-state index is 0.00838. The summed E-state index contributed by atoms with van der Waals surface area (Å²) in [6.45, 7) is 6.39. The van der Waals surface area contributed by atoms with E-state index in [9.17, 15) is 4.79 Å². The Balaban J connectivity index is 3.64. The monoisotopic (exact) mass is 222 g/mol. The van der Waals surface area contributed by atoms with Crippen LogP contribution in [0.3, 0.4) is 0 Å². The molecule has 66 valence electrons. The van der Waals surface area contributed by atoms with Gasteiger partial charge in [0.1, 0.15) is 6.61 Å². The van der Waals surface area contributed by atoms with Crippen molar-refractivity contribution in [3.63, 3.8) is 0 Å². The van der Waals surface area contributed by atoms with Crippen LogP contribution < -0.4 is 0 Å². The Labute approximate surface area is 76.4 Å². The van der Waals surface area contributed by atoms with Gasteiger partial charge in [0.25, 0.3) is 0 Å². The average molecular weight is 223 g/mol. The Kier molecular flexibility index (Phi) is 5.56. The first-order valence-electron chi connectivity index (χ1n) is 3.82. The van der Waals surface area contributed by atoms with Crippen molar-refractivity contribution in [2.45, 2.75) is 20.8 Å². The minimum Gasteiger partial charge on any atom is -0.465 e. The molecule has 1 unspecified atom stereocenters. The molecule has 0 spiro atoms. The average Bonchev–Trinajstić information content (AvgIpc) is 1.98. The van der Waals surface area contributed by atoms with E-state index in [2.05, 4.69) is 15.9 Å². The topological polar surface area (TPSA) is 26.3 Å². The van der Waals surface area contributed by atoms with Gasteiger partial charge in [-0.25, -0.2) is 0 Å². The molecule has 11 heavy (non-hydrogen) atoms. The van der Waals surface area contributed by atoms with Crippen LogP contribution >= 0.6 is 15.9 Å². The highest BCUT2D eigenvalue weighted by Gasteiger charge is 2.17. The molecule has 0 bridgehead atoms.